The number of allylic oxidation sites excluding steroid dienone is 1. The summed E-state index contributed by atoms with van der Waals surface area (Å²) in [6.45, 7) is 15.9. The second-order valence-electron chi connectivity index (χ2n) is 3.96. The molecular weight excluding hydrogens is 170 g/mol. The first kappa shape index (κ1) is 16.1. The van der Waals surface area contributed by atoms with Gasteiger partial charge in [-0.25, -0.2) is 0 Å². The molecule has 0 aliphatic rings. The van der Waals surface area contributed by atoms with Gasteiger partial charge in [0.05, 0.1) is 0 Å². The SMILES string of the molecule is C/C=C(\C(C)CN)C(C)C(C)C.CC. The molecule has 0 rings (SSSR count). The van der Waals surface area contributed by atoms with Gasteiger partial charge in [0.1, 0.15) is 0 Å². The Morgan fingerprint density at radius 2 is 1.57 bits per heavy atom. The Hall–Kier alpha value is -0.300. The van der Waals surface area contributed by atoms with Crippen molar-refractivity contribution in [2.75, 3.05) is 6.54 Å². The summed E-state index contributed by atoms with van der Waals surface area (Å²) in [5, 5.41) is 0. The van der Waals surface area contributed by atoms with Gasteiger partial charge in [-0.05, 0) is 31.2 Å². The zero-order chi connectivity index (χ0) is 11.7. The Morgan fingerprint density at radius 3 is 1.79 bits per heavy atom. The molecule has 14 heavy (non-hydrogen) atoms. The van der Waals surface area contributed by atoms with E-state index in [2.05, 4.69) is 40.7 Å². The minimum absolute atomic E-state index is 0.535. The van der Waals surface area contributed by atoms with Gasteiger partial charge in [-0.2, -0.15) is 0 Å². The summed E-state index contributed by atoms with van der Waals surface area (Å²) in [5.41, 5.74) is 7.15. The lowest BCUT2D eigenvalue weighted by atomic mass is 9.83. The third-order valence-corrected chi connectivity index (χ3v) is 2.78. The second kappa shape index (κ2) is 9.26. The predicted octanol–water partition coefficient (Wildman–Crippen LogP) is 3.85. The van der Waals surface area contributed by atoms with Crippen LogP contribution in [0.25, 0.3) is 0 Å². The fourth-order valence-corrected chi connectivity index (χ4v) is 1.52. The van der Waals surface area contributed by atoms with Crippen LogP contribution in [-0.2, 0) is 0 Å². The average molecular weight is 199 g/mol. The van der Waals surface area contributed by atoms with E-state index < -0.39 is 0 Å². The predicted molar refractivity (Wildman–Crippen MR) is 67.3 cm³/mol. The molecule has 86 valence electrons. The molecule has 0 aromatic carbocycles. The summed E-state index contributed by atoms with van der Waals surface area (Å²) in [5.74, 6) is 1.91. The maximum absolute atomic E-state index is 5.65. The van der Waals surface area contributed by atoms with Crippen molar-refractivity contribution < 1.29 is 0 Å². The molecule has 0 aromatic rings. The lowest BCUT2D eigenvalue weighted by molar-refractivity contribution is 0.436. The smallest absolute Gasteiger partial charge is 0.00140 e. The molecule has 2 unspecified atom stereocenters. The van der Waals surface area contributed by atoms with Gasteiger partial charge in [0.15, 0.2) is 0 Å². The standard InChI is InChI=1S/C11H23N.C2H6/c1-6-11(9(4)7-12)10(5)8(2)3;1-2/h6,8-10H,7,12H2,1-5H3;1-2H3/b11-6+;. The second-order valence-corrected chi connectivity index (χ2v) is 3.96. The van der Waals surface area contributed by atoms with E-state index in [1.165, 1.54) is 5.57 Å². The van der Waals surface area contributed by atoms with Crippen LogP contribution in [0.3, 0.4) is 0 Å². The molecule has 0 amide bonds. The highest BCUT2D eigenvalue weighted by Gasteiger charge is 2.16. The molecule has 0 saturated heterocycles. The van der Waals surface area contributed by atoms with Gasteiger partial charge in [-0.3, -0.25) is 0 Å². The lowest BCUT2D eigenvalue weighted by Crippen LogP contribution is -2.20. The van der Waals surface area contributed by atoms with Crippen molar-refractivity contribution in [1.29, 1.82) is 0 Å². The molecule has 0 spiro atoms. The Kier molecular flexibility index (Phi) is 10.7. The number of nitrogens with two attached hydrogens (primary N) is 1. The fraction of sp³-hybridized carbons (Fsp3) is 0.846. The highest BCUT2D eigenvalue weighted by Crippen LogP contribution is 2.25. The molecule has 0 fully saturated rings. The zero-order valence-corrected chi connectivity index (χ0v) is 11.1. The van der Waals surface area contributed by atoms with Crippen LogP contribution < -0.4 is 5.73 Å². The largest absolute Gasteiger partial charge is 0.330 e. The molecule has 2 atom stereocenters. The van der Waals surface area contributed by atoms with E-state index >= 15 is 0 Å². The van der Waals surface area contributed by atoms with E-state index in [1.54, 1.807) is 0 Å². The lowest BCUT2D eigenvalue weighted by Gasteiger charge is -2.24. The average Bonchev–Trinajstić information content (AvgIpc) is 2.21. The van der Waals surface area contributed by atoms with Crippen LogP contribution in [0.5, 0.6) is 0 Å². The first-order valence-electron chi connectivity index (χ1n) is 5.90. The summed E-state index contributed by atoms with van der Waals surface area (Å²) in [4.78, 5) is 0. The van der Waals surface area contributed by atoms with Gasteiger partial charge >= 0.3 is 0 Å². The van der Waals surface area contributed by atoms with E-state index in [0.29, 0.717) is 17.8 Å². The maximum atomic E-state index is 5.65. The summed E-state index contributed by atoms with van der Waals surface area (Å²) in [6.07, 6.45) is 2.22. The molecule has 0 aromatic heterocycles. The molecule has 0 bridgehead atoms. The highest BCUT2D eigenvalue weighted by molar-refractivity contribution is 5.09. The van der Waals surface area contributed by atoms with Crippen molar-refractivity contribution in [3.63, 3.8) is 0 Å². The van der Waals surface area contributed by atoms with Crippen molar-refractivity contribution in [2.24, 2.45) is 23.5 Å². The maximum Gasteiger partial charge on any atom is -0.00140 e. The van der Waals surface area contributed by atoms with Crippen molar-refractivity contribution in [3.8, 4) is 0 Å². The molecular formula is C13H29N. The summed E-state index contributed by atoms with van der Waals surface area (Å²) < 4.78 is 0. The molecule has 1 heteroatoms. The number of hydrogen-bond acceptors (Lipinski definition) is 1. The van der Waals surface area contributed by atoms with Gasteiger partial charge in [0.25, 0.3) is 0 Å². The molecule has 2 N–H and O–H groups in total. The van der Waals surface area contributed by atoms with Gasteiger partial charge in [-0.1, -0.05) is 53.2 Å². The van der Waals surface area contributed by atoms with Crippen LogP contribution in [0.2, 0.25) is 0 Å². The van der Waals surface area contributed by atoms with Gasteiger partial charge in [0, 0.05) is 0 Å². The first-order valence-corrected chi connectivity index (χ1v) is 5.90. The van der Waals surface area contributed by atoms with Crippen molar-refractivity contribution in [3.05, 3.63) is 11.6 Å². The van der Waals surface area contributed by atoms with Crippen LogP contribution in [0.15, 0.2) is 11.6 Å². The van der Waals surface area contributed by atoms with E-state index in [1.807, 2.05) is 13.8 Å². The van der Waals surface area contributed by atoms with E-state index in [-0.39, 0.29) is 0 Å². The summed E-state index contributed by atoms with van der Waals surface area (Å²) >= 11 is 0. The molecule has 0 heterocycles. The minimum Gasteiger partial charge on any atom is -0.330 e. The summed E-state index contributed by atoms with van der Waals surface area (Å²) in [7, 11) is 0. The van der Waals surface area contributed by atoms with Gasteiger partial charge in [-0.15, -0.1) is 0 Å². The van der Waals surface area contributed by atoms with Crippen LogP contribution >= 0.6 is 0 Å². The number of rotatable bonds is 4. The topological polar surface area (TPSA) is 26.0 Å². The normalized spacial score (nSPS) is 15.9. The first-order chi connectivity index (χ1) is 6.54. The summed E-state index contributed by atoms with van der Waals surface area (Å²) in [6, 6.07) is 0. The fourth-order valence-electron chi connectivity index (χ4n) is 1.52. The highest BCUT2D eigenvalue weighted by atomic mass is 14.5. The minimum atomic E-state index is 0.535. The molecule has 1 nitrogen and oxygen atoms in total. The van der Waals surface area contributed by atoms with Gasteiger partial charge < -0.3 is 5.73 Å². The van der Waals surface area contributed by atoms with Crippen LogP contribution in [-0.4, -0.2) is 6.54 Å². The van der Waals surface area contributed by atoms with Crippen LogP contribution in [0, 0.1) is 17.8 Å². The quantitative estimate of drug-likeness (QED) is 0.684. The van der Waals surface area contributed by atoms with Crippen LogP contribution in [0.1, 0.15) is 48.5 Å². The van der Waals surface area contributed by atoms with E-state index in [0.717, 1.165) is 6.54 Å². The van der Waals surface area contributed by atoms with Crippen LogP contribution in [0.4, 0.5) is 0 Å². The van der Waals surface area contributed by atoms with E-state index in [9.17, 15) is 0 Å². The Bertz CT molecular complexity index is 147. The third kappa shape index (κ3) is 5.43. The Labute approximate surface area is 90.8 Å². The van der Waals surface area contributed by atoms with E-state index in [4.69, 9.17) is 5.73 Å². The Morgan fingerprint density at radius 1 is 1.14 bits per heavy atom. The molecule has 0 radical (unpaired) electrons. The molecule has 0 saturated carbocycles. The van der Waals surface area contributed by atoms with Crippen molar-refractivity contribution in [2.45, 2.75) is 48.5 Å². The Balaban J connectivity index is 0. The monoisotopic (exact) mass is 199 g/mol. The van der Waals surface area contributed by atoms with Gasteiger partial charge in [0.2, 0.25) is 0 Å². The van der Waals surface area contributed by atoms with Crippen molar-refractivity contribution >= 4 is 0 Å². The number of hydrogen-bond donors (Lipinski definition) is 1. The molecule has 0 aliphatic heterocycles. The molecule has 0 aliphatic carbocycles. The third-order valence-electron chi connectivity index (χ3n) is 2.78. The zero-order valence-electron chi connectivity index (χ0n) is 11.1. The van der Waals surface area contributed by atoms with Crippen molar-refractivity contribution in [1.82, 2.24) is 0 Å².